The van der Waals surface area contributed by atoms with E-state index in [9.17, 15) is 0 Å². The molecule has 3 rings (SSSR count). The summed E-state index contributed by atoms with van der Waals surface area (Å²) in [6, 6.07) is 11.3. The van der Waals surface area contributed by atoms with E-state index in [0.29, 0.717) is 10.7 Å². The van der Waals surface area contributed by atoms with E-state index < -0.39 is 0 Å². The summed E-state index contributed by atoms with van der Waals surface area (Å²) in [4.78, 5) is 0. The van der Waals surface area contributed by atoms with Gasteiger partial charge in [0.15, 0.2) is 11.5 Å². The Morgan fingerprint density at radius 3 is 2.89 bits per heavy atom. The van der Waals surface area contributed by atoms with Crippen LogP contribution in [0.15, 0.2) is 42.6 Å². The van der Waals surface area contributed by atoms with Gasteiger partial charge >= 0.3 is 0 Å². The maximum atomic E-state index is 6.07. The topological polar surface area (TPSA) is 39.4 Å². The molecule has 0 radical (unpaired) electrons. The Bertz CT molecular complexity index is 708. The molecule has 0 aliphatic heterocycles. The zero-order valence-electron chi connectivity index (χ0n) is 9.67. The van der Waals surface area contributed by atoms with Gasteiger partial charge in [-0.1, -0.05) is 23.7 Å². The molecule has 18 heavy (non-hydrogen) atoms. The molecule has 0 spiro atoms. The second-order valence-corrected chi connectivity index (χ2v) is 4.21. The maximum Gasteiger partial charge on any atom is 0.179 e. The van der Waals surface area contributed by atoms with Crippen LogP contribution in [-0.4, -0.2) is 21.7 Å². The highest BCUT2D eigenvalue weighted by atomic mass is 35.5. The molecule has 1 aromatic carbocycles. The van der Waals surface area contributed by atoms with Crippen molar-refractivity contribution >= 4 is 17.2 Å². The standard InChI is InChI=1S/C13H10ClN3O/c1-18-10-5-2-4-9(8-10)12-15-16-13-11(14)6-3-7-17(12)13/h2-8H,1H3. The average molecular weight is 260 g/mol. The number of benzene rings is 1. The molecule has 3 aromatic rings. The summed E-state index contributed by atoms with van der Waals surface area (Å²) in [5.41, 5.74) is 1.58. The zero-order chi connectivity index (χ0) is 12.5. The van der Waals surface area contributed by atoms with Crippen molar-refractivity contribution < 1.29 is 4.74 Å². The van der Waals surface area contributed by atoms with E-state index in [-0.39, 0.29) is 0 Å². The first kappa shape index (κ1) is 11.0. The van der Waals surface area contributed by atoms with E-state index in [2.05, 4.69) is 10.2 Å². The van der Waals surface area contributed by atoms with Crippen molar-refractivity contribution in [2.45, 2.75) is 0 Å². The Morgan fingerprint density at radius 1 is 1.17 bits per heavy atom. The van der Waals surface area contributed by atoms with Crippen molar-refractivity contribution in [1.82, 2.24) is 14.6 Å². The molecule has 0 unspecified atom stereocenters. The number of nitrogens with zero attached hydrogens (tertiary/aromatic N) is 3. The summed E-state index contributed by atoms with van der Waals surface area (Å²) in [6.07, 6.45) is 1.88. The van der Waals surface area contributed by atoms with Gasteiger partial charge in [0.1, 0.15) is 5.75 Å². The number of hydrogen-bond donors (Lipinski definition) is 0. The number of ether oxygens (including phenoxy) is 1. The monoisotopic (exact) mass is 259 g/mol. The van der Waals surface area contributed by atoms with Crippen molar-refractivity contribution in [2.24, 2.45) is 0 Å². The van der Waals surface area contributed by atoms with Crippen molar-refractivity contribution in [3.8, 4) is 17.1 Å². The summed E-state index contributed by atoms with van der Waals surface area (Å²) in [5.74, 6) is 1.53. The Balaban J connectivity index is 2.22. The van der Waals surface area contributed by atoms with Gasteiger partial charge in [0.2, 0.25) is 0 Å². The van der Waals surface area contributed by atoms with Gasteiger partial charge in [-0.05, 0) is 24.3 Å². The lowest BCUT2D eigenvalue weighted by atomic mass is 10.2. The van der Waals surface area contributed by atoms with Crippen LogP contribution in [0.5, 0.6) is 5.75 Å². The van der Waals surface area contributed by atoms with Gasteiger partial charge in [-0.15, -0.1) is 10.2 Å². The maximum absolute atomic E-state index is 6.07. The van der Waals surface area contributed by atoms with Crippen molar-refractivity contribution in [1.29, 1.82) is 0 Å². The first-order valence-corrected chi connectivity index (χ1v) is 5.81. The molecule has 90 valence electrons. The predicted octanol–water partition coefficient (Wildman–Crippen LogP) is 3.06. The number of hydrogen-bond acceptors (Lipinski definition) is 3. The Kier molecular flexibility index (Phi) is 2.64. The number of aromatic nitrogens is 3. The first-order chi connectivity index (χ1) is 8.79. The minimum Gasteiger partial charge on any atom is -0.497 e. The quantitative estimate of drug-likeness (QED) is 0.710. The van der Waals surface area contributed by atoms with Gasteiger partial charge in [-0.3, -0.25) is 4.40 Å². The van der Waals surface area contributed by atoms with E-state index in [4.69, 9.17) is 16.3 Å². The fourth-order valence-corrected chi connectivity index (χ4v) is 2.04. The van der Waals surface area contributed by atoms with Crippen LogP contribution >= 0.6 is 11.6 Å². The molecule has 0 bridgehead atoms. The molecule has 2 aromatic heterocycles. The molecular weight excluding hydrogens is 250 g/mol. The van der Waals surface area contributed by atoms with E-state index in [1.54, 1.807) is 13.2 Å². The molecule has 0 saturated heterocycles. The van der Waals surface area contributed by atoms with E-state index in [1.165, 1.54) is 0 Å². The molecule has 0 saturated carbocycles. The lowest BCUT2D eigenvalue weighted by Gasteiger charge is -2.03. The smallest absolute Gasteiger partial charge is 0.179 e. The third-order valence-corrected chi connectivity index (χ3v) is 3.01. The summed E-state index contributed by atoms with van der Waals surface area (Å²) < 4.78 is 7.06. The summed E-state index contributed by atoms with van der Waals surface area (Å²) in [7, 11) is 1.64. The highest BCUT2D eigenvalue weighted by molar-refractivity contribution is 6.33. The van der Waals surface area contributed by atoms with Crippen molar-refractivity contribution in [2.75, 3.05) is 7.11 Å². The third-order valence-electron chi connectivity index (χ3n) is 2.72. The van der Waals surface area contributed by atoms with Crippen LogP contribution in [0, 0.1) is 0 Å². The molecular formula is C13H10ClN3O. The van der Waals surface area contributed by atoms with E-state index in [1.807, 2.05) is 40.9 Å². The summed E-state index contributed by atoms with van der Waals surface area (Å²) >= 11 is 6.07. The molecule has 0 N–H and O–H groups in total. The summed E-state index contributed by atoms with van der Waals surface area (Å²) in [5, 5.41) is 8.85. The minimum absolute atomic E-state index is 0.583. The van der Waals surface area contributed by atoms with Crippen LogP contribution in [0.3, 0.4) is 0 Å². The number of rotatable bonds is 2. The van der Waals surface area contributed by atoms with Crippen LogP contribution in [0.1, 0.15) is 0 Å². The number of pyridine rings is 1. The molecule has 0 fully saturated rings. The lowest BCUT2D eigenvalue weighted by molar-refractivity contribution is 0.415. The van der Waals surface area contributed by atoms with Gasteiger partial charge in [0.05, 0.1) is 12.1 Å². The second kappa shape index (κ2) is 4.31. The van der Waals surface area contributed by atoms with E-state index in [0.717, 1.165) is 17.1 Å². The molecule has 0 atom stereocenters. The fourth-order valence-electron chi connectivity index (χ4n) is 1.84. The Labute approximate surface area is 109 Å². The number of halogens is 1. The molecule has 2 heterocycles. The molecule has 0 amide bonds. The first-order valence-electron chi connectivity index (χ1n) is 5.43. The average Bonchev–Trinajstić information content (AvgIpc) is 2.84. The van der Waals surface area contributed by atoms with Crippen molar-refractivity contribution in [3.63, 3.8) is 0 Å². The number of fused-ring (bicyclic) bond motifs is 1. The van der Waals surface area contributed by atoms with Crippen LogP contribution < -0.4 is 4.74 Å². The highest BCUT2D eigenvalue weighted by Crippen LogP contribution is 2.24. The third kappa shape index (κ3) is 1.71. The van der Waals surface area contributed by atoms with Crippen molar-refractivity contribution in [3.05, 3.63) is 47.6 Å². The Hall–Kier alpha value is -2.07. The Morgan fingerprint density at radius 2 is 2.06 bits per heavy atom. The highest BCUT2D eigenvalue weighted by Gasteiger charge is 2.10. The normalized spacial score (nSPS) is 10.8. The lowest BCUT2D eigenvalue weighted by Crippen LogP contribution is -1.90. The molecule has 0 aliphatic rings. The van der Waals surface area contributed by atoms with Gasteiger partial charge in [0.25, 0.3) is 0 Å². The largest absolute Gasteiger partial charge is 0.497 e. The second-order valence-electron chi connectivity index (χ2n) is 3.81. The van der Waals surface area contributed by atoms with Crippen LogP contribution in [0.4, 0.5) is 0 Å². The predicted molar refractivity (Wildman–Crippen MR) is 70.0 cm³/mol. The molecule has 4 nitrogen and oxygen atoms in total. The summed E-state index contributed by atoms with van der Waals surface area (Å²) in [6.45, 7) is 0. The molecule has 5 heteroatoms. The SMILES string of the molecule is COc1cccc(-c2nnc3c(Cl)cccn23)c1. The van der Waals surface area contributed by atoms with Gasteiger partial charge in [-0.2, -0.15) is 0 Å². The van der Waals surface area contributed by atoms with E-state index >= 15 is 0 Å². The molecule has 0 aliphatic carbocycles. The van der Waals surface area contributed by atoms with Crippen LogP contribution in [0.25, 0.3) is 17.0 Å². The van der Waals surface area contributed by atoms with Gasteiger partial charge in [-0.25, -0.2) is 0 Å². The number of methoxy groups -OCH3 is 1. The fraction of sp³-hybridized carbons (Fsp3) is 0.0769. The minimum atomic E-state index is 0.583. The van der Waals surface area contributed by atoms with Crippen LogP contribution in [-0.2, 0) is 0 Å². The van der Waals surface area contributed by atoms with Crippen LogP contribution in [0.2, 0.25) is 5.02 Å². The zero-order valence-corrected chi connectivity index (χ0v) is 10.4. The van der Waals surface area contributed by atoms with Gasteiger partial charge in [0, 0.05) is 11.8 Å². The van der Waals surface area contributed by atoms with Gasteiger partial charge < -0.3 is 4.74 Å².